The normalized spacial score (nSPS) is 12.4. The van der Waals surface area contributed by atoms with Gasteiger partial charge in [0.15, 0.2) is 0 Å². The Labute approximate surface area is 559 Å². The van der Waals surface area contributed by atoms with Gasteiger partial charge in [-0.2, -0.15) is 0 Å². The lowest BCUT2D eigenvalue weighted by Crippen LogP contribution is -2.45. The number of carbonyl (C=O) groups excluding carboxylic acids is 2. The molecule has 0 bridgehead atoms. The van der Waals surface area contributed by atoms with E-state index in [2.05, 4.69) is 19.2 Å². The first-order chi connectivity index (χ1) is 44.0. The lowest BCUT2D eigenvalue weighted by atomic mass is 10.0. The van der Waals surface area contributed by atoms with Gasteiger partial charge in [0.05, 0.1) is 25.4 Å². The van der Waals surface area contributed by atoms with Gasteiger partial charge in [-0.3, -0.25) is 9.59 Å². The zero-order chi connectivity index (χ0) is 64.2. The van der Waals surface area contributed by atoms with E-state index in [-0.39, 0.29) is 18.5 Å². The SMILES string of the molecule is CCCCCCCCCCCCCCCCCCCC(=O)OCCCCCCCCCCCCCCCCCCCCCCCCCCCCCCCCCCCCCCCCCC(=O)NC(CO)C(O)CCCCCCCCCCCCCCCCCC. The van der Waals surface area contributed by atoms with Crippen LogP contribution in [0.15, 0.2) is 0 Å². The van der Waals surface area contributed by atoms with Crippen LogP contribution in [0.2, 0.25) is 0 Å². The number of aliphatic hydroxyl groups excluding tert-OH is 2. The number of rotatable bonds is 80. The molecule has 2 atom stereocenters. The van der Waals surface area contributed by atoms with Gasteiger partial charge in [-0.25, -0.2) is 0 Å². The Balaban J connectivity index is 3.27. The van der Waals surface area contributed by atoms with E-state index < -0.39 is 12.1 Å². The van der Waals surface area contributed by atoms with Gasteiger partial charge in [-0.1, -0.05) is 457 Å². The Morgan fingerprint density at radius 1 is 0.270 bits per heavy atom. The van der Waals surface area contributed by atoms with Crippen LogP contribution in [0.1, 0.15) is 495 Å². The van der Waals surface area contributed by atoms with Crippen molar-refractivity contribution in [1.29, 1.82) is 0 Å². The summed E-state index contributed by atoms with van der Waals surface area (Å²) in [6.45, 7) is 5.02. The Bertz CT molecular complexity index is 1310. The topological polar surface area (TPSA) is 95.9 Å². The molecule has 0 aliphatic heterocycles. The fourth-order valence-corrected chi connectivity index (χ4v) is 13.8. The van der Waals surface area contributed by atoms with Crippen LogP contribution < -0.4 is 5.32 Å². The summed E-state index contributed by atoms with van der Waals surface area (Å²) in [7, 11) is 0. The Morgan fingerprint density at radius 2 is 0.461 bits per heavy atom. The minimum Gasteiger partial charge on any atom is -0.466 e. The van der Waals surface area contributed by atoms with Gasteiger partial charge in [0.1, 0.15) is 0 Å². The van der Waals surface area contributed by atoms with E-state index in [9.17, 15) is 19.8 Å². The van der Waals surface area contributed by atoms with Gasteiger partial charge in [0, 0.05) is 12.8 Å². The number of carbonyl (C=O) groups is 2. The number of ether oxygens (including phenoxy) is 1. The van der Waals surface area contributed by atoms with Crippen LogP contribution in [0.25, 0.3) is 0 Å². The third-order valence-corrected chi connectivity index (χ3v) is 20.2. The van der Waals surface area contributed by atoms with E-state index in [1.54, 1.807) is 0 Å². The molecule has 0 heterocycles. The van der Waals surface area contributed by atoms with E-state index in [1.165, 1.54) is 424 Å². The van der Waals surface area contributed by atoms with E-state index in [0.29, 0.717) is 25.9 Å². The second kappa shape index (κ2) is 79.3. The Morgan fingerprint density at radius 3 is 0.685 bits per heavy atom. The highest BCUT2D eigenvalue weighted by Crippen LogP contribution is 2.21. The maximum absolute atomic E-state index is 12.5. The second-order valence-electron chi connectivity index (χ2n) is 29.2. The van der Waals surface area contributed by atoms with Gasteiger partial charge in [0.25, 0.3) is 0 Å². The Kier molecular flexibility index (Phi) is 78.3. The molecule has 0 aromatic heterocycles. The molecule has 532 valence electrons. The van der Waals surface area contributed by atoms with Crippen molar-refractivity contribution in [2.45, 2.75) is 508 Å². The standard InChI is InChI=1S/C83H165NO5/c1-3-5-7-9-11-13-15-17-19-44-49-53-57-61-65-69-73-77-83(88)89-78-74-70-66-62-58-54-50-46-43-41-39-37-35-33-31-29-27-25-23-21-22-24-26-28-30-32-34-36-38-40-42-45-48-52-56-60-64-68-72-76-82(87)84-80(79-85)81(86)75-71-67-63-59-55-51-47-20-18-16-14-12-10-8-6-4-2/h80-81,85-86H,3-79H2,1-2H3,(H,84,87). The van der Waals surface area contributed by atoms with Crippen LogP contribution in [0, 0.1) is 0 Å². The highest BCUT2D eigenvalue weighted by Gasteiger charge is 2.20. The van der Waals surface area contributed by atoms with E-state index in [0.717, 1.165) is 38.5 Å². The van der Waals surface area contributed by atoms with E-state index in [4.69, 9.17) is 4.74 Å². The number of amides is 1. The van der Waals surface area contributed by atoms with Crippen LogP contribution in [0.5, 0.6) is 0 Å². The summed E-state index contributed by atoms with van der Waals surface area (Å²) in [6.07, 6.45) is 99.4. The number of hydrogen-bond donors (Lipinski definition) is 3. The molecule has 0 saturated heterocycles. The van der Waals surface area contributed by atoms with Crippen molar-refractivity contribution in [2.75, 3.05) is 13.2 Å². The number of aliphatic hydroxyl groups is 2. The predicted octanol–water partition coefficient (Wildman–Crippen LogP) is 27.7. The molecule has 2 unspecified atom stereocenters. The maximum atomic E-state index is 12.5. The van der Waals surface area contributed by atoms with Crippen molar-refractivity contribution >= 4 is 11.9 Å². The van der Waals surface area contributed by atoms with Gasteiger partial charge in [-0.05, 0) is 25.7 Å². The summed E-state index contributed by atoms with van der Waals surface area (Å²) >= 11 is 0. The molecule has 6 nitrogen and oxygen atoms in total. The summed E-state index contributed by atoms with van der Waals surface area (Å²) in [5, 5.41) is 23.4. The molecule has 3 N–H and O–H groups in total. The second-order valence-corrected chi connectivity index (χ2v) is 29.2. The molecule has 0 saturated carbocycles. The molecule has 0 radical (unpaired) electrons. The zero-order valence-corrected chi connectivity index (χ0v) is 61.2. The van der Waals surface area contributed by atoms with Crippen molar-refractivity contribution in [2.24, 2.45) is 0 Å². The van der Waals surface area contributed by atoms with Crippen molar-refractivity contribution < 1.29 is 24.5 Å². The third-order valence-electron chi connectivity index (χ3n) is 20.2. The number of hydrogen-bond acceptors (Lipinski definition) is 5. The van der Waals surface area contributed by atoms with Gasteiger partial charge < -0.3 is 20.3 Å². The number of unbranched alkanes of at least 4 members (excludes halogenated alkanes) is 69. The molecule has 0 aliphatic carbocycles. The fourth-order valence-electron chi connectivity index (χ4n) is 13.8. The van der Waals surface area contributed by atoms with Crippen LogP contribution in [0.3, 0.4) is 0 Å². The molecule has 1 amide bonds. The van der Waals surface area contributed by atoms with E-state index >= 15 is 0 Å². The summed E-state index contributed by atoms with van der Waals surface area (Å²) < 4.78 is 5.52. The molecule has 0 aromatic carbocycles. The van der Waals surface area contributed by atoms with Gasteiger partial charge in [-0.15, -0.1) is 0 Å². The summed E-state index contributed by atoms with van der Waals surface area (Å²) in [5.74, 6) is 0.00553. The quantitative estimate of drug-likeness (QED) is 0.0417. The lowest BCUT2D eigenvalue weighted by Gasteiger charge is -2.22. The molecule has 0 aliphatic rings. The first-order valence-corrected chi connectivity index (χ1v) is 41.8. The summed E-state index contributed by atoms with van der Waals surface area (Å²) in [4.78, 5) is 24.7. The summed E-state index contributed by atoms with van der Waals surface area (Å²) in [6, 6.07) is -0.536. The van der Waals surface area contributed by atoms with Crippen molar-refractivity contribution in [3.05, 3.63) is 0 Å². The van der Waals surface area contributed by atoms with Crippen molar-refractivity contribution in [3.8, 4) is 0 Å². The Hall–Kier alpha value is -1.14. The van der Waals surface area contributed by atoms with Crippen molar-refractivity contribution in [1.82, 2.24) is 5.32 Å². The first kappa shape index (κ1) is 87.9. The molecule has 6 heteroatoms. The molecule has 0 aromatic rings. The number of nitrogens with one attached hydrogen (secondary N) is 1. The van der Waals surface area contributed by atoms with Gasteiger partial charge in [0.2, 0.25) is 5.91 Å². The lowest BCUT2D eigenvalue weighted by molar-refractivity contribution is -0.143. The van der Waals surface area contributed by atoms with E-state index in [1.807, 2.05) is 0 Å². The highest BCUT2D eigenvalue weighted by atomic mass is 16.5. The molecule has 0 spiro atoms. The molecular weight excluding hydrogens is 1090 g/mol. The van der Waals surface area contributed by atoms with Crippen molar-refractivity contribution in [3.63, 3.8) is 0 Å². The first-order valence-electron chi connectivity index (χ1n) is 41.8. The molecule has 0 rings (SSSR count). The number of esters is 1. The molecule has 0 fully saturated rings. The highest BCUT2D eigenvalue weighted by molar-refractivity contribution is 5.76. The summed E-state index contributed by atoms with van der Waals surface area (Å²) in [5.41, 5.74) is 0. The van der Waals surface area contributed by atoms with Crippen LogP contribution in [-0.2, 0) is 14.3 Å². The smallest absolute Gasteiger partial charge is 0.305 e. The van der Waals surface area contributed by atoms with Crippen LogP contribution >= 0.6 is 0 Å². The fraction of sp³-hybridized carbons (Fsp3) is 0.976. The average Bonchev–Trinajstić information content (AvgIpc) is 3.62. The predicted molar refractivity (Wildman–Crippen MR) is 394 cm³/mol. The molecular formula is C83H165NO5. The largest absolute Gasteiger partial charge is 0.466 e. The van der Waals surface area contributed by atoms with Crippen LogP contribution in [-0.4, -0.2) is 47.4 Å². The zero-order valence-electron chi connectivity index (χ0n) is 61.2. The minimum absolute atomic E-state index is 0.0240. The molecule has 89 heavy (non-hydrogen) atoms. The minimum atomic E-state index is -0.659. The van der Waals surface area contributed by atoms with Gasteiger partial charge >= 0.3 is 5.97 Å². The maximum Gasteiger partial charge on any atom is 0.305 e. The monoisotopic (exact) mass is 1260 g/mol. The average molecular weight is 1260 g/mol. The third kappa shape index (κ3) is 75.8. The van der Waals surface area contributed by atoms with Crippen LogP contribution in [0.4, 0.5) is 0 Å².